The van der Waals surface area contributed by atoms with Crippen molar-refractivity contribution in [3.8, 4) is 0 Å². The van der Waals surface area contributed by atoms with E-state index in [1.54, 1.807) is 29.5 Å². The van der Waals surface area contributed by atoms with Gasteiger partial charge in [0.05, 0.1) is 11.3 Å². The highest BCUT2D eigenvalue weighted by Gasteiger charge is 2.39. The highest BCUT2D eigenvalue weighted by atomic mass is 16.2. The highest BCUT2D eigenvalue weighted by Crippen LogP contribution is 2.33. The molecule has 4 heteroatoms. The first-order valence-corrected chi connectivity index (χ1v) is 8.36. The van der Waals surface area contributed by atoms with E-state index < -0.39 is 0 Å². The predicted octanol–water partition coefficient (Wildman–Crippen LogP) is 4.26. The molecule has 0 saturated carbocycles. The van der Waals surface area contributed by atoms with Crippen molar-refractivity contribution in [2.24, 2.45) is 5.10 Å². The van der Waals surface area contributed by atoms with Gasteiger partial charge in [-0.2, -0.15) is 5.10 Å². The maximum absolute atomic E-state index is 12.9. The van der Waals surface area contributed by atoms with E-state index in [1.165, 1.54) is 5.39 Å². The van der Waals surface area contributed by atoms with Crippen LogP contribution in [0.25, 0.3) is 10.8 Å². The lowest BCUT2D eigenvalue weighted by molar-refractivity contribution is 0.0612. The van der Waals surface area contributed by atoms with Crippen LogP contribution in [0.4, 0.5) is 0 Å². The van der Waals surface area contributed by atoms with E-state index in [1.807, 2.05) is 32.0 Å². The number of hydrogen-bond acceptors (Lipinski definition) is 3. The highest BCUT2D eigenvalue weighted by molar-refractivity contribution is 6.13. The van der Waals surface area contributed by atoms with E-state index in [0.717, 1.165) is 23.1 Å². The molecular formula is C21H19N3O. The van der Waals surface area contributed by atoms with Crippen LogP contribution in [-0.2, 0) is 0 Å². The molecule has 124 valence electrons. The molecule has 0 aliphatic carbocycles. The van der Waals surface area contributed by atoms with Crippen molar-refractivity contribution in [1.29, 1.82) is 0 Å². The van der Waals surface area contributed by atoms with Crippen LogP contribution in [0.3, 0.4) is 0 Å². The molecule has 4 rings (SSSR count). The van der Waals surface area contributed by atoms with E-state index in [4.69, 9.17) is 5.10 Å². The van der Waals surface area contributed by atoms with E-state index in [9.17, 15) is 4.79 Å². The van der Waals surface area contributed by atoms with Crippen molar-refractivity contribution < 1.29 is 4.79 Å². The zero-order chi connectivity index (χ0) is 17.4. The molecule has 0 atom stereocenters. The standard InChI is InChI=1S/C21H19N3O/c1-21(2)14-19(18-9-5-7-15-6-3-4-8-17(15)18)23-24(21)20(25)16-10-12-22-13-11-16/h3-13H,14H2,1-2H3. The average molecular weight is 329 g/mol. The first-order valence-electron chi connectivity index (χ1n) is 8.36. The summed E-state index contributed by atoms with van der Waals surface area (Å²) in [5, 5.41) is 8.67. The lowest BCUT2D eigenvalue weighted by atomic mass is 9.92. The summed E-state index contributed by atoms with van der Waals surface area (Å²) in [6.07, 6.45) is 3.98. The quantitative estimate of drug-likeness (QED) is 0.705. The van der Waals surface area contributed by atoms with Gasteiger partial charge in [0, 0.05) is 29.9 Å². The van der Waals surface area contributed by atoms with Crippen LogP contribution in [-0.4, -0.2) is 27.2 Å². The maximum Gasteiger partial charge on any atom is 0.274 e. The van der Waals surface area contributed by atoms with Gasteiger partial charge >= 0.3 is 0 Å². The Labute approximate surface area is 146 Å². The number of nitrogens with zero attached hydrogens (tertiary/aromatic N) is 3. The predicted molar refractivity (Wildman–Crippen MR) is 99.6 cm³/mol. The number of rotatable bonds is 2. The summed E-state index contributed by atoms with van der Waals surface area (Å²) >= 11 is 0. The summed E-state index contributed by atoms with van der Waals surface area (Å²) in [4.78, 5) is 16.9. The number of fused-ring (bicyclic) bond motifs is 1. The molecule has 2 heterocycles. The summed E-state index contributed by atoms with van der Waals surface area (Å²) in [6.45, 7) is 4.10. The number of benzene rings is 2. The Morgan fingerprint density at radius 2 is 1.72 bits per heavy atom. The molecule has 1 aliphatic rings. The minimum atomic E-state index is -0.368. The average Bonchev–Trinajstić information content (AvgIpc) is 2.96. The Morgan fingerprint density at radius 3 is 2.52 bits per heavy atom. The van der Waals surface area contributed by atoms with Crippen molar-refractivity contribution in [2.45, 2.75) is 25.8 Å². The Kier molecular flexibility index (Phi) is 3.61. The number of carbonyl (C=O) groups excluding carboxylic acids is 1. The second-order valence-electron chi connectivity index (χ2n) is 6.92. The van der Waals surface area contributed by atoms with Gasteiger partial charge in [-0.25, -0.2) is 5.01 Å². The molecule has 1 aliphatic heterocycles. The third-order valence-electron chi connectivity index (χ3n) is 4.61. The Balaban J connectivity index is 1.78. The first kappa shape index (κ1) is 15.5. The van der Waals surface area contributed by atoms with Gasteiger partial charge in [-0.05, 0) is 36.8 Å². The fraction of sp³-hybridized carbons (Fsp3) is 0.190. The molecule has 0 unspecified atom stereocenters. The smallest absolute Gasteiger partial charge is 0.267 e. The molecule has 0 saturated heterocycles. The molecule has 4 nitrogen and oxygen atoms in total. The molecule has 0 fully saturated rings. The van der Waals surface area contributed by atoms with Gasteiger partial charge < -0.3 is 0 Å². The summed E-state index contributed by atoms with van der Waals surface area (Å²) < 4.78 is 0. The molecule has 2 aromatic carbocycles. The number of aromatic nitrogens is 1. The summed E-state index contributed by atoms with van der Waals surface area (Å²) in [7, 11) is 0. The Morgan fingerprint density at radius 1 is 1.00 bits per heavy atom. The number of pyridine rings is 1. The molecule has 1 amide bonds. The fourth-order valence-corrected chi connectivity index (χ4v) is 3.34. The van der Waals surface area contributed by atoms with Crippen LogP contribution in [0.5, 0.6) is 0 Å². The van der Waals surface area contributed by atoms with E-state index in [0.29, 0.717) is 5.56 Å². The minimum absolute atomic E-state index is 0.0948. The van der Waals surface area contributed by atoms with Gasteiger partial charge in [0.2, 0.25) is 0 Å². The summed E-state index contributed by atoms with van der Waals surface area (Å²) in [5.74, 6) is -0.0948. The topological polar surface area (TPSA) is 45.6 Å². The molecule has 3 aromatic rings. The summed E-state index contributed by atoms with van der Waals surface area (Å²) in [6, 6.07) is 17.9. The molecular weight excluding hydrogens is 310 g/mol. The van der Waals surface area contributed by atoms with Gasteiger partial charge in [-0.1, -0.05) is 42.5 Å². The van der Waals surface area contributed by atoms with E-state index in [-0.39, 0.29) is 11.4 Å². The number of carbonyl (C=O) groups is 1. The van der Waals surface area contributed by atoms with Crippen LogP contribution in [0.1, 0.15) is 36.2 Å². The number of hydrazone groups is 1. The number of hydrogen-bond donors (Lipinski definition) is 0. The van der Waals surface area contributed by atoms with Crippen molar-refractivity contribution in [3.05, 3.63) is 78.1 Å². The minimum Gasteiger partial charge on any atom is -0.267 e. The van der Waals surface area contributed by atoms with Crippen molar-refractivity contribution in [2.75, 3.05) is 0 Å². The Hall–Kier alpha value is -3.01. The lowest BCUT2D eigenvalue weighted by Crippen LogP contribution is -2.40. The maximum atomic E-state index is 12.9. The van der Waals surface area contributed by atoms with Gasteiger partial charge in [0.25, 0.3) is 5.91 Å². The second kappa shape index (κ2) is 5.81. The molecule has 25 heavy (non-hydrogen) atoms. The lowest BCUT2D eigenvalue weighted by Gasteiger charge is -2.28. The van der Waals surface area contributed by atoms with Gasteiger partial charge in [0.15, 0.2) is 0 Å². The van der Waals surface area contributed by atoms with Crippen molar-refractivity contribution >= 4 is 22.4 Å². The second-order valence-corrected chi connectivity index (χ2v) is 6.92. The third kappa shape index (κ3) is 2.70. The molecule has 0 N–H and O–H groups in total. The largest absolute Gasteiger partial charge is 0.274 e. The molecule has 0 bridgehead atoms. The van der Waals surface area contributed by atoms with Gasteiger partial charge in [-0.15, -0.1) is 0 Å². The molecule has 0 spiro atoms. The summed E-state index contributed by atoms with van der Waals surface area (Å²) in [5.41, 5.74) is 2.28. The van der Waals surface area contributed by atoms with Crippen LogP contribution in [0.15, 0.2) is 72.1 Å². The van der Waals surface area contributed by atoms with E-state index >= 15 is 0 Å². The fourth-order valence-electron chi connectivity index (χ4n) is 3.34. The zero-order valence-electron chi connectivity index (χ0n) is 14.3. The van der Waals surface area contributed by atoms with Crippen molar-refractivity contribution in [3.63, 3.8) is 0 Å². The third-order valence-corrected chi connectivity index (χ3v) is 4.61. The van der Waals surface area contributed by atoms with Gasteiger partial charge in [0.1, 0.15) is 0 Å². The van der Waals surface area contributed by atoms with Crippen LogP contribution >= 0.6 is 0 Å². The zero-order valence-corrected chi connectivity index (χ0v) is 14.3. The van der Waals surface area contributed by atoms with Crippen molar-refractivity contribution in [1.82, 2.24) is 9.99 Å². The van der Waals surface area contributed by atoms with E-state index in [2.05, 4.69) is 29.2 Å². The van der Waals surface area contributed by atoms with Crippen LogP contribution < -0.4 is 0 Å². The first-order chi connectivity index (χ1) is 12.1. The van der Waals surface area contributed by atoms with Crippen LogP contribution in [0, 0.1) is 0 Å². The van der Waals surface area contributed by atoms with Crippen LogP contribution in [0.2, 0.25) is 0 Å². The normalized spacial score (nSPS) is 16.1. The molecule has 1 aromatic heterocycles. The monoisotopic (exact) mass is 329 g/mol. The Bertz CT molecular complexity index is 971. The molecule has 0 radical (unpaired) electrons. The van der Waals surface area contributed by atoms with Gasteiger partial charge in [-0.3, -0.25) is 9.78 Å². The SMILES string of the molecule is CC1(C)CC(c2cccc3ccccc23)=NN1C(=O)c1ccncc1. The number of amides is 1.